The fourth-order valence-electron chi connectivity index (χ4n) is 2.59. The number of fused-ring (bicyclic) bond motifs is 1. The third-order valence-electron chi connectivity index (χ3n) is 3.84. The normalized spacial score (nSPS) is 12.2. The summed E-state index contributed by atoms with van der Waals surface area (Å²) in [5, 5.41) is 5.14. The summed E-state index contributed by atoms with van der Waals surface area (Å²) in [5.41, 5.74) is -0.373. The number of alkyl halides is 3. The average Bonchev–Trinajstić information content (AvgIpc) is 2.60. The van der Waals surface area contributed by atoms with Gasteiger partial charge in [-0.15, -0.1) is 0 Å². The first kappa shape index (κ1) is 19.9. The van der Waals surface area contributed by atoms with Crippen LogP contribution < -0.4 is 14.6 Å². The van der Waals surface area contributed by atoms with Crippen LogP contribution in [0.5, 0.6) is 17.2 Å². The Morgan fingerprint density at radius 3 is 2.29 bits per heavy atom. The Bertz CT molecular complexity index is 1110. The molecule has 0 unspecified atom stereocenters. The van der Waals surface area contributed by atoms with Gasteiger partial charge in [0.15, 0.2) is 5.75 Å². The van der Waals surface area contributed by atoms with Gasteiger partial charge in [-0.1, -0.05) is 12.1 Å². The van der Waals surface area contributed by atoms with E-state index in [0.29, 0.717) is 17.5 Å². The van der Waals surface area contributed by atoms with Crippen LogP contribution in [0.15, 0.2) is 48.7 Å². The summed E-state index contributed by atoms with van der Waals surface area (Å²) in [4.78, 5) is 3.85. The average molecular weight is 412 g/mol. The van der Waals surface area contributed by atoms with Crippen LogP contribution in [0, 0.1) is 0 Å². The highest BCUT2D eigenvalue weighted by Crippen LogP contribution is 2.42. The van der Waals surface area contributed by atoms with Gasteiger partial charge in [-0.05, 0) is 29.8 Å². The number of nitrogens with two attached hydrogens (primary N) is 1. The first-order valence-electron chi connectivity index (χ1n) is 7.88. The van der Waals surface area contributed by atoms with Gasteiger partial charge in [0.1, 0.15) is 17.1 Å². The molecule has 0 saturated carbocycles. The van der Waals surface area contributed by atoms with E-state index in [9.17, 15) is 21.6 Å². The summed E-state index contributed by atoms with van der Waals surface area (Å²) < 4.78 is 73.2. The number of sulfonamides is 1. The van der Waals surface area contributed by atoms with Crippen LogP contribution >= 0.6 is 0 Å². The van der Waals surface area contributed by atoms with E-state index < -0.39 is 27.5 Å². The number of nitrogens with zero attached hydrogens (tertiary/aromatic N) is 1. The summed E-state index contributed by atoms with van der Waals surface area (Å²) in [6.07, 6.45) is -3.98. The van der Waals surface area contributed by atoms with Crippen molar-refractivity contribution in [1.82, 2.24) is 4.98 Å². The van der Waals surface area contributed by atoms with Crippen LogP contribution in [-0.4, -0.2) is 20.5 Å². The summed E-state index contributed by atoms with van der Waals surface area (Å²) in [6.45, 7) is 0. The van der Waals surface area contributed by atoms with Crippen molar-refractivity contribution < 1.29 is 31.1 Å². The number of benzene rings is 2. The number of primary sulfonamides is 1. The fourth-order valence-corrected chi connectivity index (χ4v) is 3.25. The first-order chi connectivity index (χ1) is 13.1. The molecule has 0 aliphatic rings. The van der Waals surface area contributed by atoms with E-state index in [-0.39, 0.29) is 22.4 Å². The number of hydrogen-bond donors (Lipinski definition) is 1. The molecule has 0 bridgehead atoms. The van der Waals surface area contributed by atoms with Gasteiger partial charge < -0.3 is 9.47 Å². The maximum absolute atomic E-state index is 13.4. The molecular formula is C18H15F3N2O4S. The molecule has 0 aliphatic heterocycles. The van der Waals surface area contributed by atoms with E-state index in [2.05, 4.69) is 4.98 Å². The minimum absolute atomic E-state index is 0.104. The van der Waals surface area contributed by atoms with Gasteiger partial charge in [0, 0.05) is 17.6 Å². The Labute approximate surface area is 158 Å². The first-order valence-corrected chi connectivity index (χ1v) is 9.59. The van der Waals surface area contributed by atoms with Crippen LogP contribution in [0.1, 0.15) is 11.1 Å². The van der Waals surface area contributed by atoms with E-state index >= 15 is 0 Å². The molecule has 1 aromatic heterocycles. The molecule has 0 radical (unpaired) electrons. The van der Waals surface area contributed by atoms with Gasteiger partial charge in [0.05, 0.1) is 18.4 Å². The van der Waals surface area contributed by atoms with Crippen LogP contribution in [0.3, 0.4) is 0 Å². The van der Waals surface area contributed by atoms with Crippen molar-refractivity contribution in [3.8, 4) is 17.2 Å². The van der Waals surface area contributed by atoms with Crippen molar-refractivity contribution in [1.29, 1.82) is 0 Å². The lowest BCUT2D eigenvalue weighted by molar-refractivity contribution is -0.138. The number of aromatic nitrogens is 1. The molecule has 2 N–H and O–H groups in total. The second-order valence-corrected chi connectivity index (χ2v) is 7.55. The maximum Gasteiger partial charge on any atom is 0.421 e. The lowest BCUT2D eigenvalue weighted by Gasteiger charge is -2.16. The Morgan fingerprint density at radius 2 is 1.71 bits per heavy atom. The lowest BCUT2D eigenvalue weighted by Crippen LogP contribution is -2.14. The Morgan fingerprint density at radius 1 is 1.07 bits per heavy atom. The van der Waals surface area contributed by atoms with Crippen LogP contribution in [0.25, 0.3) is 10.9 Å². The van der Waals surface area contributed by atoms with E-state index in [1.165, 1.54) is 49.6 Å². The second kappa shape index (κ2) is 7.28. The van der Waals surface area contributed by atoms with Gasteiger partial charge in [-0.3, -0.25) is 4.98 Å². The van der Waals surface area contributed by atoms with Crippen LogP contribution in [-0.2, 0) is 22.0 Å². The topological polar surface area (TPSA) is 91.5 Å². The molecular weight excluding hydrogens is 397 g/mol. The van der Waals surface area contributed by atoms with Crippen LogP contribution in [0.4, 0.5) is 13.2 Å². The number of methoxy groups -OCH3 is 1. The van der Waals surface area contributed by atoms with Crippen molar-refractivity contribution in [2.75, 3.05) is 7.11 Å². The minimum atomic E-state index is -4.68. The third-order valence-corrected chi connectivity index (χ3v) is 4.58. The highest BCUT2D eigenvalue weighted by Gasteiger charge is 2.36. The molecule has 6 nitrogen and oxygen atoms in total. The third kappa shape index (κ3) is 4.52. The van der Waals surface area contributed by atoms with Crippen molar-refractivity contribution in [3.05, 3.63) is 59.8 Å². The Hall–Kier alpha value is -2.85. The molecule has 3 aromatic rings. The predicted molar refractivity (Wildman–Crippen MR) is 96.6 cm³/mol. The van der Waals surface area contributed by atoms with E-state index in [1.54, 1.807) is 0 Å². The molecule has 2 aromatic carbocycles. The largest absolute Gasteiger partial charge is 0.497 e. The molecule has 0 aliphatic carbocycles. The predicted octanol–water partition coefficient (Wildman–Crippen LogP) is 3.84. The van der Waals surface area contributed by atoms with Gasteiger partial charge in [0.25, 0.3) is 0 Å². The number of ether oxygens (including phenoxy) is 2. The van der Waals surface area contributed by atoms with Crippen molar-refractivity contribution in [2.45, 2.75) is 11.9 Å². The van der Waals surface area contributed by atoms with Gasteiger partial charge in [0.2, 0.25) is 10.0 Å². The zero-order valence-electron chi connectivity index (χ0n) is 14.5. The molecule has 148 valence electrons. The molecule has 0 fully saturated rings. The summed E-state index contributed by atoms with van der Waals surface area (Å²) >= 11 is 0. The molecule has 28 heavy (non-hydrogen) atoms. The number of pyridine rings is 1. The quantitative estimate of drug-likeness (QED) is 0.688. The molecule has 0 spiro atoms. The number of hydrogen-bond acceptors (Lipinski definition) is 5. The zero-order chi connectivity index (χ0) is 20.5. The highest BCUT2D eigenvalue weighted by molar-refractivity contribution is 7.88. The smallest absolute Gasteiger partial charge is 0.421 e. The Balaban J connectivity index is 2.05. The summed E-state index contributed by atoms with van der Waals surface area (Å²) in [7, 11) is -2.28. The standard InChI is InChI=1S/C18H15F3N2O4S/c1-26-13-6-7-14-16(8-13)23-9-15(18(19,20)21)17(14)27-12-4-2-11(3-5-12)10-28(22,24)25/h2-9H,10H2,1H3,(H2,22,24,25). The van der Waals surface area contributed by atoms with Crippen molar-refractivity contribution >= 4 is 20.9 Å². The molecule has 3 rings (SSSR count). The van der Waals surface area contributed by atoms with Crippen LogP contribution in [0.2, 0.25) is 0 Å². The Kier molecular flexibility index (Phi) is 5.18. The second-order valence-electron chi connectivity index (χ2n) is 5.94. The van der Waals surface area contributed by atoms with E-state index in [1.807, 2.05) is 0 Å². The zero-order valence-corrected chi connectivity index (χ0v) is 15.3. The highest BCUT2D eigenvalue weighted by atomic mass is 32.2. The molecule has 0 saturated heterocycles. The van der Waals surface area contributed by atoms with E-state index in [0.717, 1.165) is 0 Å². The SMILES string of the molecule is COc1ccc2c(Oc3ccc(CS(N)(=O)=O)cc3)c(C(F)(F)F)cnc2c1. The maximum atomic E-state index is 13.4. The van der Waals surface area contributed by atoms with Gasteiger partial charge >= 0.3 is 6.18 Å². The molecule has 1 heterocycles. The van der Waals surface area contributed by atoms with E-state index in [4.69, 9.17) is 14.6 Å². The van der Waals surface area contributed by atoms with Crippen molar-refractivity contribution in [2.24, 2.45) is 5.14 Å². The minimum Gasteiger partial charge on any atom is -0.497 e. The van der Waals surface area contributed by atoms with Gasteiger partial charge in [-0.25, -0.2) is 13.6 Å². The van der Waals surface area contributed by atoms with Crippen molar-refractivity contribution in [3.63, 3.8) is 0 Å². The molecule has 0 amide bonds. The molecule has 10 heteroatoms. The molecule has 0 atom stereocenters. The fraction of sp³-hybridized carbons (Fsp3) is 0.167. The summed E-state index contributed by atoms with van der Waals surface area (Å²) in [6, 6.07) is 10.0. The number of halogens is 3. The van der Waals surface area contributed by atoms with Gasteiger partial charge in [-0.2, -0.15) is 13.2 Å². The monoisotopic (exact) mass is 412 g/mol. The lowest BCUT2D eigenvalue weighted by atomic mass is 10.1. The summed E-state index contributed by atoms with van der Waals surface area (Å²) in [5.74, 6) is -0.247. The number of rotatable bonds is 5.